The maximum absolute atomic E-state index is 13.6. The summed E-state index contributed by atoms with van der Waals surface area (Å²) in [5.74, 6) is 3.01. The second-order valence-corrected chi connectivity index (χ2v) is 7.36. The van der Waals surface area contributed by atoms with E-state index >= 15 is 0 Å². The van der Waals surface area contributed by atoms with Crippen LogP contribution in [0, 0.1) is 23.6 Å². The number of nitrogens with zero attached hydrogens (tertiary/aromatic N) is 4. The number of imidazole rings is 1. The number of ether oxygens (including phenoxy) is 1. The Hall–Kier alpha value is -2.47. The number of hydrogen-bond acceptors (Lipinski definition) is 4. The molecule has 5 nitrogen and oxygen atoms in total. The van der Waals surface area contributed by atoms with E-state index < -0.39 is 0 Å². The van der Waals surface area contributed by atoms with Crippen molar-refractivity contribution in [2.24, 2.45) is 24.8 Å². The SMILES string of the molecule is Cn1c(CN2C[C@@H]3C(COc4ccccc4F)[C@@H]3C2)nc2ncccc21. The van der Waals surface area contributed by atoms with Crippen molar-refractivity contribution in [3.8, 4) is 5.75 Å². The molecule has 26 heavy (non-hydrogen) atoms. The maximum atomic E-state index is 13.6. The van der Waals surface area contributed by atoms with Crippen molar-refractivity contribution in [1.82, 2.24) is 19.4 Å². The Labute approximate surface area is 151 Å². The lowest BCUT2D eigenvalue weighted by Crippen LogP contribution is -2.26. The molecule has 0 spiro atoms. The van der Waals surface area contributed by atoms with E-state index in [1.54, 1.807) is 24.4 Å². The zero-order valence-electron chi connectivity index (χ0n) is 14.7. The third-order valence-corrected chi connectivity index (χ3v) is 5.83. The largest absolute Gasteiger partial charge is 0.490 e. The first kappa shape index (κ1) is 15.8. The van der Waals surface area contributed by atoms with Gasteiger partial charge in [-0.25, -0.2) is 14.4 Å². The molecule has 6 heteroatoms. The van der Waals surface area contributed by atoms with Crippen LogP contribution in [0.15, 0.2) is 42.6 Å². The van der Waals surface area contributed by atoms with Gasteiger partial charge >= 0.3 is 0 Å². The van der Waals surface area contributed by atoms with E-state index in [1.807, 2.05) is 13.1 Å². The molecule has 2 fully saturated rings. The maximum Gasteiger partial charge on any atom is 0.177 e. The molecule has 3 aromatic rings. The lowest BCUT2D eigenvalue weighted by molar-refractivity contribution is 0.222. The predicted octanol–water partition coefficient (Wildman–Crippen LogP) is 2.86. The van der Waals surface area contributed by atoms with Gasteiger partial charge in [-0.05, 0) is 36.1 Å². The van der Waals surface area contributed by atoms with Crippen LogP contribution in [0.5, 0.6) is 5.75 Å². The van der Waals surface area contributed by atoms with Crippen LogP contribution in [0.4, 0.5) is 4.39 Å². The van der Waals surface area contributed by atoms with Crippen molar-refractivity contribution >= 4 is 11.2 Å². The van der Waals surface area contributed by atoms with Gasteiger partial charge in [-0.2, -0.15) is 0 Å². The summed E-state index contributed by atoms with van der Waals surface area (Å²) in [7, 11) is 2.05. The van der Waals surface area contributed by atoms with Crippen molar-refractivity contribution in [2.45, 2.75) is 6.54 Å². The number of aromatic nitrogens is 3. The zero-order valence-corrected chi connectivity index (χ0v) is 14.7. The summed E-state index contributed by atoms with van der Waals surface area (Å²) in [6.07, 6.45) is 1.78. The van der Waals surface area contributed by atoms with E-state index in [1.165, 1.54) is 6.07 Å². The molecule has 3 heterocycles. The normalized spacial score (nSPS) is 24.8. The summed E-state index contributed by atoms with van der Waals surface area (Å²) < 4.78 is 21.5. The van der Waals surface area contributed by atoms with E-state index in [2.05, 4.69) is 25.5 Å². The first-order valence-electron chi connectivity index (χ1n) is 9.06. The molecule has 0 N–H and O–H groups in total. The van der Waals surface area contributed by atoms with Gasteiger partial charge in [0.1, 0.15) is 5.82 Å². The minimum absolute atomic E-state index is 0.282. The number of pyridine rings is 1. The first-order valence-corrected chi connectivity index (χ1v) is 9.06. The lowest BCUT2D eigenvalue weighted by atomic mass is 10.2. The molecule has 0 amide bonds. The smallest absolute Gasteiger partial charge is 0.177 e. The molecule has 1 unspecified atom stereocenters. The van der Waals surface area contributed by atoms with Gasteiger partial charge in [-0.1, -0.05) is 12.1 Å². The highest BCUT2D eigenvalue weighted by atomic mass is 19.1. The number of halogens is 1. The Morgan fingerprint density at radius 1 is 1.15 bits per heavy atom. The molecule has 0 bridgehead atoms. The molecule has 3 atom stereocenters. The van der Waals surface area contributed by atoms with Gasteiger partial charge in [0.05, 0.1) is 18.7 Å². The third-order valence-electron chi connectivity index (χ3n) is 5.83. The zero-order chi connectivity index (χ0) is 17.7. The molecular weight excluding hydrogens is 331 g/mol. The molecule has 1 aliphatic carbocycles. The van der Waals surface area contributed by atoms with Crippen LogP contribution in [0.1, 0.15) is 5.82 Å². The topological polar surface area (TPSA) is 43.2 Å². The van der Waals surface area contributed by atoms with Crippen molar-refractivity contribution < 1.29 is 9.13 Å². The fourth-order valence-corrected chi connectivity index (χ4v) is 4.27. The minimum atomic E-state index is -0.282. The average molecular weight is 352 g/mol. The van der Waals surface area contributed by atoms with Gasteiger partial charge in [0.25, 0.3) is 0 Å². The molecule has 1 aromatic carbocycles. The Morgan fingerprint density at radius 2 is 1.96 bits per heavy atom. The summed E-state index contributed by atoms with van der Waals surface area (Å²) in [4.78, 5) is 11.5. The average Bonchev–Trinajstić information content (AvgIpc) is 2.98. The van der Waals surface area contributed by atoms with Crippen LogP contribution >= 0.6 is 0 Å². The number of likely N-dealkylation sites (tertiary alicyclic amines) is 1. The van der Waals surface area contributed by atoms with E-state index in [-0.39, 0.29) is 5.82 Å². The first-order chi connectivity index (χ1) is 12.7. The molecule has 5 rings (SSSR count). The van der Waals surface area contributed by atoms with Crippen LogP contribution in [0.3, 0.4) is 0 Å². The second kappa shape index (κ2) is 6.06. The number of hydrogen-bond donors (Lipinski definition) is 0. The van der Waals surface area contributed by atoms with Crippen LogP contribution in [-0.4, -0.2) is 39.1 Å². The van der Waals surface area contributed by atoms with Crippen LogP contribution < -0.4 is 4.74 Å². The van der Waals surface area contributed by atoms with Crippen molar-refractivity contribution in [2.75, 3.05) is 19.7 Å². The van der Waals surface area contributed by atoms with Crippen LogP contribution in [0.25, 0.3) is 11.2 Å². The van der Waals surface area contributed by atoms with Gasteiger partial charge in [0, 0.05) is 32.3 Å². The third kappa shape index (κ3) is 2.65. The van der Waals surface area contributed by atoms with Crippen molar-refractivity contribution in [3.05, 3.63) is 54.2 Å². The van der Waals surface area contributed by atoms with Gasteiger partial charge in [0.15, 0.2) is 17.2 Å². The van der Waals surface area contributed by atoms with E-state index in [0.717, 1.165) is 36.6 Å². The summed E-state index contributed by atoms with van der Waals surface area (Å²) in [6, 6.07) is 10.6. The van der Waals surface area contributed by atoms with Gasteiger partial charge < -0.3 is 9.30 Å². The number of fused-ring (bicyclic) bond motifs is 2. The highest BCUT2D eigenvalue weighted by Crippen LogP contribution is 2.52. The Morgan fingerprint density at radius 3 is 2.73 bits per heavy atom. The molecular formula is C20H21FN4O. The highest BCUT2D eigenvalue weighted by Gasteiger charge is 2.55. The number of piperidine rings is 1. The minimum Gasteiger partial charge on any atom is -0.490 e. The number of rotatable bonds is 5. The molecule has 0 radical (unpaired) electrons. The highest BCUT2D eigenvalue weighted by molar-refractivity contribution is 5.71. The van der Waals surface area contributed by atoms with Gasteiger partial charge in [-0.3, -0.25) is 4.90 Å². The van der Waals surface area contributed by atoms with Crippen molar-refractivity contribution in [1.29, 1.82) is 0 Å². The fourth-order valence-electron chi connectivity index (χ4n) is 4.27. The number of aryl methyl sites for hydroxylation is 1. The number of para-hydroxylation sites is 1. The summed E-state index contributed by atoms with van der Waals surface area (Å²) in [5, 5.41) is 0. The Kier molecular flexibility index (Phi) is 3.67. The molecule has 134 valence electrons. The summed E-state index contributed by atoms with van der Waals surface area (Å²) in [5.41, 5.74) is 1.88. The van der Waals surface area contributed by atoms with Crippen LogP contribution in [-0.2, 0) is 13.6 Å². The quantitative estimate of drug-likeness (QED) is 0.708. The molecule has 1 saturated heterocycles. The Bertz CT molecular complexity index is 944. The standard InChI is InChI=1S/C20H21FN4O/c1-24-17-6-4-8-22-20(17)23-19(24)11-25-9-13-14(10-25)15(13)12-26-18-7-3-2-5-16(18)21/h2-8,13-15H,9-12H2,1H3/t13-,14+,15?. The molecule has 2 aromatic heterocycles. The predicted molar refractivity (Wildman–Crippen MR) is 96.2 cm³/mol. The lowest BCUT2D eigenvalue weighted by Gasteiger charge is -2.19. The van der Waals surface area contributed by atoms with Gasteiger partial charge in [-0.15, -0.1) is 0 Å². The molecule has 1 aliphatic heterocycles. The van der Waals surface area contributed by atoms with E-state index in [0.29, 0.717) is 30.1 Å². The van der Waals surface area contributed by atoms with E-state index in [9.17, 15) is 4.39 Å². The summed E-state index contributed by atoms with van der Waals surface area (Å²) >= 11 is 0. The molecule has 2 aliphatic rings. The van der Waals surface area contributed by atoms with Crippen molar-refractivity contribution in [3.63, 3.8) is 0 Å². The number of benzene rings is 1. The monoisotopic (exact) mass is 352 g/mol. The second-order valence-electron chi connectivity index (χ2n) is 7.36. The van der Waals surface area contributed by atoms with Crippen LogP contribution in [0.2, 0.25) is 0 Å². The molecule has 1 saturated carbocycles. The van der Waals surface area contributed by atoms with E-state index in [4.69, 9.17) is 4.74 Å². The fraction of sp³-hybridized carbons (Fsp3) is 0.400. The summed E-state index contributed by atoms with van der Waals surface area (Å²) in [6.45, 7) is 3.58. The Balaban J connectivity index is 1.18. The van der Waals surface area contributed by atoms with Gasteiger partial charge in [0.2, 0.25) is 0 Å².